The van der Waals surface area contributed by atoms with E-state index in [0.29, 0.717) is 42.2 Å². The number of aliphatic hydroxyl groups excluding tert-OH is 1. The molecule has 1 aliphatic carbocycles. The van der Waals surface area contributed by atoms with Gasteiger partial charge in [0.25, 0.3) is 5.56 Å². The molecular formula is C34H42N2O7Si. The number of aliphatic hydroxyl groups is 1. The monoisotopic (exact) mass is 618 g/mol. The van der Waals surface area contributed by atoms with E-state index in [1.54, 1.807) is 20.3 Å². The largest absolute Gasteiger partial charge is 0.497 e. The molecule has 0 bridgehead atoms. The van der Waals surface area contributed by atoms with Gasteiger partial charge in [-0.1, -0.05) is 26.8 Å². The smallest absolute Gasteiger partial charge is 0.343 e. The zero-order valence-electron chi connectivity index (χ0n) is 26.8. The fraction of sp³-hybridized carbons (Fsp3) is 0.412. The fourth-order valence-corrected chi connectivity index (χ4v) is 6.70. The van der Waals surface area contributed by atoms with E-state index in [9.17, 15) is 14.7 Å². The average molecular weight is 619 g/mol. The Morgan fingerprint density at radius 2 is 1.80 bits per heavy atom. The van der Waals surface area contributed by atoms with Crippen molar-refractivity contribution in [2.24, 2.45) is 0 Å². The minimum absolute atomic E-state index is 0.0746. The Bertz CT molecular complexity index is 1800. The third-order valence-corrected chi connectivity index (χ3v) is 13.7. The summed E-state index contributed by atoms with van der Waals surface area (Å²) < 4.78 is 23.8. The second-order valence-corrected chi connectivity index (χ2v) is 17.7. The molecule has 10 heteroatoms. The number of carbonyl (C=O) groups excluding carboxylic acids is 1. The van der Waals surface area contributed by atoms with Crippen LogP contribution in [0.1, 0.15) is 59.1 Å². The van der Waals surface area contributed by atoms with Crippen molar-refractivity contribution in [2.75, 3.05) is 21.3 Å². The number of esters is 1. The molecule has 0 spiro atoms. The molecule has 5 rings (SSSR count). The summed E-state index contributed by atoms with van der Waals surface area (Å²) in [5.41, 5.74) is 6.06. The highest BCUT2D eigenvalue weighted by Crippen LogP contribution is 2.40. The Kier molecular flexibility index (Phi) is 8.54. The van der Waals surface area contributed by atoms with Gasteiger partial charge in [-0.3, -0.25) is 9.36 Å². The van der Waals surface area contributed by atoms with Crippen molar-refractivity contribution >= 4 is 25.2 Å². The normalized spacial score (nSPS) is 13.0. The molecule has 44 heavy (non-hydrogen) atoms. The second kappa shape index (κ2) is 11.9. The molecule has 2 aromatic heterocycles. The van der Waals surface area contributed by atoms with Crippen molar-refractivity contribution in [2.45, 2.75) is 71.5 Å². The van der Waals surface area contributed by atoms with Crippen LogP contribution in [0.3, 0.4) is 0 Å². The van der Waals surface area contributed by atoms with E-state index in [0.717, 1.165) is 38.9 Å². The first kappa shape index (κ1) is 31.6. The molecule has 0 aliphatic heterocycles. The summed E-state index contributed by atoms with van der Waals surface area (Å²) in [4.78, 5) is 30.5. The summed E-state index contributed by atoms with van der Waals surface area (Å²) >= 11 is 0. The van der Waals surface area contributed by atoms with Gasteiger partial charge in [0.1, 0.15) is 23.8 Å². The molecule has 1 aliphatic rings. The molecular weight excluding hydrogens is 576 g/mol. The quantitative estimate of drug-likeness (QED) is 0.176. The van der Waals surface area contributed by atoms with Gasteiger partial charge in [-0.05, 0) is 77.5 Å². The van der Waals surface area contributed by atoms with E-state index < -0.39 is 26.6 Å². The zero-order valence-corrected chi connectivity index (χ0v) is 27.8. The van der Waals surface area contributed by atoms with Crippen LogP contribution in [0.2, 0.25) is 18.1 Å². The highest BCUT2D eigenvalue weighted by molar-refractivity contribution is 6.74. The first-order valence-electron chi connectivity index (χ1n) is 14.8. The van der Waals surface area contributed by atoms with E-state index in [1.165, 1.54) is 11.7 Å². The summed E-state index contributed by atoms with van der Waals surface area (Å²) in [5.74, 6) is 0.480. The van der Waals surface area contributed by atoms with Crippen LogP contribution in [0.15, 0.2) is 41.2 Å². The second-order valence-electron chi connectivity index (χ2n) is 12.8. The van der Waals surface area contributed by atoms with Gasteiger partial charge in [-0.25, -0.2) is 4.79 Å². The number of aryl methyl sites for hydroxylation is 1. The molecule has 9 nitrogen and oxygen atoms in total. The molecule has 2 aromatic carbocycles. The minimum Gasteiger partial charge on any atom is -0.497 e. The van der Waals surface area contributed by atoms with Gasteiger partial charge in [0.05, 0.1) is 33.6 Å². The molecule has 2 heterocycles. The van der Waals surface area contributed by atoms with Crippen LogP contribution in [-0.2, 0) is 41.8 Å². The molecule has 2 N–H and O–H groups in total. The SMILES string of the molecule is COC(=O)c1c(Cc2ccc(OC)cc2OC)c2c(n(CO)c1=O)-c1cc3cc(CO[Si](C)(C)C(C)(C)C)[nH]c3cc1CC2. The summed E-state index contributed by atoms with van der Waals surface area (Å²) in [7, 11) is 2.47. The van der Waals surface area contributed by atoms with E-state index in [2.05, 4.69) is 57.0 Å². The van der Waals surface area contributed by atoms with Crippen LogP contribution in [-0.4, -0.2) is 50.3 Å². The van der Waals surface area contributed by atoms with Gasteiger partial charge >= 0.3 is 5.97 Å². The number of hydrogen-bond acceptors (Lipinski definition) is 7. The first-order chi connectivity index (χ1) is 20.8. The Balaban J connectivity index is 1.66. The van der Waals surface area contributed by atoms with Crippen LogP contribution in [0.5, 0.6) is 11.5 Å². The number of H-pyrrole nitrogens is 1. The molecule has 0 saturated heterocycles. The van der Waals surface area contributed by atoms with Crippen LogP contribution < -0.4 is 15.0 Å². The standard InChI is InChI=1S/C34H42N2O7Si/c1-34(2,3)44(7,8)43-18-23-13-22-15-26-20(16-28(22)35-23)10-12-25-27(14-21-9-11-24(40-4)17-29(21)41-5)30(33(39)42-6)32(38)36(19-37)31(25)26/h9,11,13,15-17,35,37H,10,12,14,18-19H2,1-8H3. The number of hydrogen-bond donors (Lipinski definition) is 2. The maximum absolute atomic E-state index is 13.9. The molecule has 234 valence electrons. The maximum atomic E-state index is 13.9. The van der Waals surface area contributed by atoms with Gasteiger partial charge in [0.2, 0.25) is 0 Å². The average Bonchev–Trinajstić information content (AvgIpc) is 3.40. The fourth-order valence-electron chi connectivity index (χ4n) is 5.76. The summed E-state index contributed by atoms with van der Waals surface area (Å²) in [6, 6.07) is 11.7. The van der Waals surface area contributed by atoms with Gasteiger partial charge in [0.15, 0.2) is 8.32 Å². The lowest BCUT2D eigenvalue weighted by molar-refractivity contribution is 0.0595. The van der Waals surface area contributed by atoms with Gasteiger partial charge in [-0.2, -0.15) is 0 Å². The van der Waals surface area contributed by atoms with Crippen LogP contribution in [0, 0.1) is 0 Å². The maximum Gasteiger partial charge on any atom is 0.343 e. The number of ether oxygens (including phenoxy) is 3. The molecule has 4 aromatic rings. The van der Waals surface area contributed by atoms with Gasteiger partial charge < -0.3 is 28.7 Å². The zero-order chi connectivity index (χ0) is 32.0. The topological polar surface area (TPSA) is 112 Å². The van der Waals surface area contributed by atoms with E-state index in [4.69, 9.17) is 18.6 Å². The summed E-state index contributed by atoms with van der Waals surface area (Å²) in [5, 5.41) is 11.6. The predicted molar refractivity (Wildman–Crippen MR) is 173 cm³/mol. The van der Waals surface area contributed by atoms with Crippen molar-refractivity contribution in [3.8, 4) is 22.8 Å². The number of fused-ring (bicyclic) bond motifs is 4. The van der Waals surface area contributed by atoms with Crippen molar-refractivity contribution in [3.63, 3.8) is 0 Å². The predicted octanol–water partition coefficient (Wildman–Crippen LogP) is 5.96. The number of rotatable bonds is 9. The lowest BCUT2D eigenvalue weighted by Gasteiger charge is -2.36. The third-order valence-electron chi connectivity index (χ3n) is 9.27. The number of carbonyl (C=O) groups is 1. The molecule has 0 atom stereocenters. The Morgan fingerprint density at radius 1 is 1.05 bits per heavy atom. The first-order valence-corrected chi connectivity index (χ1v) is 17.7. The highest BCUT2D eigenvalue weighted by atomic mass is 28.4. The summed E-state index contributed by atoms with van der Waals surface area (Å²) in [6.45, 7) is 11.1. The van der Waals surface area contributed by atoms with Crippen molar-refractivity contribution in [3.05, 3.63) is 80.3 Å². The number of pyridine rings is 1. The van der Waals surface area contributed by atoms with Crippen LogP contribution in [0.4, 0.5) is 0 Å². The number of nitrogens with one attached hydrogen (secondary N) is 1. The Hall–Kier alpha value is -3.86. The Labute approximate surface area is 258 Å². The lowest BCUT2D eigenvalue weighted by Crippen LogP contribution is -2.40. The molecule has 0 fully saturated rings. The van der Waals surface area contributed by atoms with Crippen molar-refractivity contribution in [1.29, 1.82) is 0 Å². The highest BCUT2D eigenvalue weighted by Gasteiger charge is 2.37. The van der Waals surface area contributed by atoms with Gasteiger partial charge in [0, 0.05) is 34.6 Å². The van der Waals surface area contributed by atoms with E-state index >= 15 is 0 Å². The Morgan fingerprint density at radius 3 is 2.43 bits per heavy atom. The number of aromatic nitrogens is 2. The number of aromatic amines is 1. The van der Waals surface area contributed by atoms with Crippen molar-refractivity contribution in [1.82, 2.24) is 9.55 Å². The summed E-state index contributed by atoms with van der Waals surface area (Å²) in [6.07, 6.45) is 1.54. The molecule has 0 amide bonds. The number of nitrogens with zero attached hydrogens (tertiary/aromatic N) is 1. The van der Waals surface area contributed by atoms with E-state index in [1.807, 2.05) is 12.1 Å². The minimum atomic E-state index is -1.94. The molecule has 0 radical (unpaired) electrons. The number of benzene rings is 2. The molecule has 0 unspecified atom stereocenters. The van der Waals surface area contributed by atoms with Crippen molar-refractivity contribution < 1.29 is 28.5 Å². The molecule has 0 saturated carbocycles. The third kappa shape index (κ3) is 5.57. The van der Waals surface area contributed by atoms with Crippen LogP contribution in [0.25, 0.3) is 22.2 Å². The lowest BCUT2D eigenvalue weighted by atomic mass is 9.82. The van der Waals surface area contributed by atoms with Gasteiger partial charge in [-0.15, -0.1) is 0 Å². The van der Waals surface area contributed by atoms with Crippen LogP contribution >= 0.6 is 0 Å². The number of methoxy groups -OCH3 is 3. The van der Waals surface area contributed by atoms with E-state index in [-0.39, 0.29) is 17.0 Å².